The molecule has 0 aromatic carbocycles. The molecule has 1 unspecified atom stereocenters. The van der Waals surface area contributed by atoms with Gasteiger partial charge < -0.3 is 19.9 Å². The molecule has 1 aliphatic heterocycles. The Labute approximate surface area is 100 Å². The van der Waals surface area contributed by atoms with Crippen LogP contribution >= 0.6 is 0 Å². The maximum atomic E-state index is 12.0. The summed E-state index contributed by atoms with van der Waals surface area (Å²) in [6, 6.07) is 0. The molecule has 94 valence electrons. The SMILES string of the molecule is NCC1CN(C(=O)CCn2ccnc2)CCO1. The fourth-order valence-electron chi connectivity index (χ4n) is 1.89. The first-order chi connectivity index (χ1) is 8.29. The second-order valence-corrected chi connectivity index (χ2v) is 4.12. The van der Waals surface area contributed by atoms with Gasteiger partial charge in [0.15, 0.2) is 0 Å². The first kappa shape index (κ1) is 12.1. The van der Waals surface area contributed by atoms with E-state index in [1.54, 1.807) is 12.5 Å². The zero-order chi connectivity index (χ0) is 12.1. The van der Waals surface area contributed by atoms with Crippen molar-refractivity contribution >= 4 is 5.91 Å². The molecule has 0 radical (unpaired) electrons. The van der Waals surface area contributed by atoms with Gasteiger partial charge in [0, 0.05) is 45.0 Å². The minimum absolute atomic E-state index is 0.0130. The summed E-state index contributed by atoms with van der Waals surface area (Å²) in [7, 11) is 0. The molecule has 2 rings (SSSR count). The highest BCUT2D eigenvalue weighted by molar-refractivity contribution is 5.76. The predicted molar refractivity (Wildman–Crippen MR) is 62.2 cm³/mol. The molecule has 1 saturated heterocycles. The maximum absolute atomic E-state index is 12.0. The Morgan fingerprint density at radius 2 is 2.47 bits per heavy atom. The average molecular weight is 238 g/mol. The van der Waals surface area contributed by atoms with Crippen LogP contribution in [0, 0.1) is 0 Å². The van der Waals surface area contributed by atoms with Crippen molar-refractivity contribution in [3.63, 3.8) is 0 Å². The third-order valence-electron chi connectivity index (χ3n) is 2.90. The standard InChI is InChI=1S/C11H18N4O2/c12-7-10-8-15(5-6-17-10)11(16)1-3-14-4-2-13-9-14/h2,4,9-10H,1,3,5-8,12H2. The zero-order valence-electron chi connectivity index (χ0n) is 9.79. The van der Waals surface area contributed by atoms with Gasteiger partial charge in [0.2, 0.25) is 5.91 Å². The summed E-state index contributed by atoms with van der Waals surface area (Å²) in [6.07, 6.45) is 5.77. The molecule has 2 heterocycles. The number of carbonyl (C=O) groups is 1. The topological polar surface area (TPSA) is 73.4 Å². The highest BCUT2D eigenvalue weighted by atomic mass is 16.5. The van der Waals surface area contributed by atoms with Gasteiger partial charge in [-0.2, -0.15) is 0 Å². The van der Waals surface area contributed by atoms with Gasteiger partial charge in [0.25, 0.3) is 0 Å². The number of nitrogens with zero attached hydrogens (tertiary/aromatic N) is 3. The molecular formula is C11H18N4O2. The second-order valence-electron chi connectivity index (χ2n) is 4.12. The van der Waals surface area contributed by atoms with Gasteiger partial charge >= 0.3 is 0 Å². The molecule has 0 saturated carbocycles. The third kappa shape index (κ3) is 3.28. The molecule has 17 heavy (non-hydrogen) atoms. The molecule has 0 spiro atoms. The molecular weight excluding hydrogens is 220 g/mol. The summed E-state index contributed by atoms with van der Waals surface area (Å²) < 4.78 is 7.33. The van der Waals surface area contributed by atoms with Crippen molar-refractivity contribution in [2.75, 3.05) is 26.2 Å². The van der Waals surface area contributed by atoms with Gasteiger partial charge in [-0.05, 0) is 0 Å². The minimum Gasteiger partial charge on any atom is -0.373 e. The average Bonchev–Trinajstić information content (AvgIpc) is 2.89. The van der Waals surface area contributed by atoms with E-state index in [2.05, 4.69) is 4.98 Å². The van der Waals surface area contributed by atoms with Gasteiger partial charge in [0.05, 0.1) is 19.0 Å². The van der Waals surface area contributed by atoms with E-state index in [9.17, 15) is 4.79 Å². The molecule has 6 nitrogen and oxygen atoms in total. The highest BCUT2D eigenvalue weighted by Gasteiger charge is 2.22. The summed E-state index contributed by atoms with van der Waals surface area (Å²) in [5.74, 6) is 0.153. The Morgan fingerprint density at radius 1 is 1.59 bits per heavy atom. The van der Waals surface area contributed by atoms with Crippen molar-refractivity contribution in [1.29, 1.82) is 0 Å². The minimum atomic E-state index is -0.0130. The molecule has 1 aromatic rings. The summed E-state index contributed by atoms with van der Waals surface area (Å²) >= 11 is 0. The Kier molecular flexibility index (Phi) is 4.11. The van der Waals surface area contributed by atoms with Crippen LogP contribution in [-0.4, -0.2) is 52.7 Å². The normalized spacial score (nSPS) is 20.5. The van der Waals surface area contributed by atoms with Crippen molar-refractivity contribution < 1.29 is 9.53 Å². The Morgan fingerprint density at radius 3 is 3.18 bits per heavy atom. The van der Waals surface area contributed by atoms with E-state index >= 15 is 0 Å². The van der Waals surface area contributed by atoms with Gasteiger partial charge in [-0.25, -0.2) is 4.98 Å². The monoisotopic (exact) mass is 238 g/mol. The Bertz CT molecular complexity index is 352. The number of ether oxygens (including phenoxy) is 1. The number of hydrogen-bond acceptors (Lipinski definition) is 4. The third-order valence-corrected chi connectivity index (χ3v) is 2.90. The quantitative estimate of drug-likeness (QED) is 0.764. The van der Waals surface area contributed by atoms with Gasteiger partial charge in [-0.3, -0.25) is 4.79 Å². The van der Waals surface area contributed by atoms with Crippen molar-refractivity contribution in [2.24, 2.45) is 5.73 Å². The van der Waals surface area contributed by atoms with Gasteiger partial charge in [-0.1, -0.05) is 0 Å². The van der Waals surface area contributed by atoms with E-state index < -0.39 is 0 Å². The summed E-state index contributed by atoms with van der Waals surface area (Å²) in [5, 5.41) is 0. The highest BCUT2D eigenvalue weighted by Crippen LogP contribution is 2.06. The number of morpholine rings is 1. The molecule has 0 bridgehead atoms. The van der Waals surface area contributed by atoms with E-state index in [1.165, 1.54) is 0 Å². The molecule has 1 aromatic heterocycles. The fraction of sp³-hybridized carbons (Fsp3) is 0.636. The van der Waals surface area contributed by atoms with Crippen LogP contribution in [-0.2, 0) is 16.1 Å². The van der Waals surface area contributed by atoms with Crippen LogP contribution in [0.4, 0.5) is 0 Å². The predicted octanol–water partition coefficient (Wildman–Crippen LogP) is -0.541. The van der Waals surface area contributed by atoms with E-state index in [0.29, 0.717) is 39.2 Å². The largest absolute Gasteiger partial charge is 0.373 e. The number of nitrogens with two attached hydrogens (primary N) is 1. The van der Waals surface area contributed by atoms with Crippen LogP contribution < -0.4 is 5.73 Å². The second kappa shape index (κ2) is 5.79. The smallest absolute Gasteiger partial charge is 0.224 e. The number of rotatable bonds is 4. The molecule has 1 aliphatic rings. The molecule has 1 amide bonds. The van der Waals surface area contributed by atoms with E-state index in [4.69, 9.17) is 10.5 Å². The van der Waals surface area contributed by atoms with Crippen molar-refractivity contribution in [1.82, 2.24) is 14.5 Å². The van der Waals surface area contributed by atoms with Crippen LogP contribution in [0.5, 0.6) is 0 Å². The lowest BCUT2D eigenvalue weighted by atomic mass is 10.2. The first-order valence-corrected chi connectivity index (χ1v) is 5.85. The maximum Gasteiger partial charge on any atom is 0.224 e. The van der Waals surface area contributed by atoms with Crippen molar-refractivity contribution in [3.05, 3.63) is 18.7 Å². The molecule has 2 N–H and O–H groups in total. The number of imidazole rings is 1. The van der Waals surface area contributed by atoms with E-state index in [1.807, 2.05) is 15.7 Å². The van der Waals surface area contributed by atoms with Crippen molar-refractivity contribution in [3.8, 4) is 0 Å². The van der Waals surface area contributed by atoms with Crippen LogP contribution in [0.1, 0.15) is 6.42 Å². The molecule has 6 heteroatoms. The van der Waals surface area contributed by atoms with E-state index in [-0.39, 0.29) is 12.0 Å². The summed E-state index contributed by atoms with van der Waals surface area (Å²) in [4.78, 5) is 17.7. The fourth-order valence-corrected chi connectivity index (χ4v) is 1.89. The number of aromatic nitrogens is 2. The summed E-state index contributed by atoms with van der Waals surface area (Å²) in [5.41, 5.74) is 5.54. The molecule has 0 aliphatic carbocycles. The Hall–Kier alpha value is -1.40. The number of hydrogen-bond donors (Lipinski definition) is 1. The molecule has 1 atom stereocenters. The number of carbonyl (C=O) groups excluding carboxylic acids is 1. The lowest BCUT2D eigenvalue weighted by Crippen LogP contribution is -2.48. The van der Waals surface area contributed by atoms with Crippen LogP contribution in [0.25, 0.3) is 0 Å². The summed E-state index contributed by atoms with van der Waals surface area (Å²) in [6.45, 7) is 2.99. The van der Waals surface area contributed by atoms with Crippen LogP contribution in [0.2, 0.25) is 0 Å². The van der Waals surface area contributed by atoms with Crippen LogP contribution in [0.3, 0.4) is 0 Å². The lowest BCUT2D eigenvalue weighted by Gasteiger charge is -2.32. The first-order valence-electron chi connectivity index (χ1n) is 5.85. The van der Waals surface area contributed by atoms with Crippen LogP contribution in [0.15, 0.2) is 18.7 Å². The van der Waals surface area contributed by atoms with E-state index in [0.717, 1.165) is 0 Å². The zero-order valence-corrected chi connectivity index (χ0v) is 9.79. The van der Waals surface area contributed by atoms with Crippen molar-refractivity contribution in [2.45, 2.75) is 19.1 Å². The van der Waals surface area contributed by atoms with Gasteiger partial charge in [0.1, 0.15) is 0 Å². The number of aryl methyl sites for hydroxylation is 1. The molecule has 1 fully saturated rings. The number of amides is 1. The lowest BCUT2D eigenvalue weighted by molar-refractivity contribution is -0.138. The van der Waals surface area contributed by atoms with Gasteiger partial charge in [-0.15, -0.1) is 0 Å². The Balaban J connectivity index is 1.79.